The van der Waals surface area contributed by atoms with Crippen LogP contribution in [0, 0.1) is 50.2 Å². The first-order chi connectivity index (χ1) is 22.8. The van der Waals surface area contributed by atoms with Crippen molar-refractivity contribution in [1.82, 2.24) is 0 Å². The van der Waals surface area contributed by atoms with Crippen LogP contribution in [0.2, 0.25) is 0 Å². The minimum absolute atomic E-state index is 0.0969. The Morgan fingerprint density at radius 2 is 1.46 bits per heavy atom. The number of ether oxygens (including phenoxy) is 1. The molecular weight excluding hydrogens is 656 g/mol. The van der Waals surface area contributed by atoms with Crippen molar-refractivity contribution in [2.45, 2.75) is 140 Å². The quantitative estimate of drug-likeness (QED) is 0.124. The van der Waals surface area contributed by atoms with Crippen LogP contribution in [0.25, 0.3) is 0 Å². The van der Waals surface area contributed by atoms with E-state index in [1.807, 2.05) is 20.8 Å². The van der Waals surface area contributed by atoms with Crippen molar-refractivity contribution < 1.29 is 70.8 Å². The summed E-state index contributed by atoms with van der Waals surface area (Å²) in [6, 6.07) is 0. The molecule has 0 spiro atoms. The van der Waals surface area contributed by atoms with Gasteiger partial charge in [-0.3, -0.25) is 4.79 Å². The summed E-state index contributed by atoms with van der Waals surface area (Å²) in [6.07, 6.45) is -4.49. The topological polar surface area (TPSA) is 269 Å². The first-order valence-electron chi connectivity index (χ1n) is 18.0. The Labute approximate surface area is 292 Å². The number of aliphatic carboxylic acids is 1. The zero-order valence-electron chi connectivity index (χ0n) is 29.7. The number of carboxylic acid groups (broad SMARTS) is 1. The molecule has 12 N–H and O–H groups in total. The predicted molar refractivity (Wildman–Crippen MR) is 173 cm³/mol. The van der Waals surface area contributed by atoms with Crippen molar-refractivity contribution in [3.05, 3.63) is 11.6 Å². The van der Waals surface area contributed by atoms with E-state index in [1.54, 1.807) is 0 Å². The molecule has 0 aromatic carbocycles. The Balaban J connectivity index is 1.44. The molecule has 5 fully saturated rings. The van der Waals surface area contributed by atoms with Gasteiger partial charge in [-0.2, -0.15) is 0 Å². The molecule has 6 aliphatic rings. The highest BCUT2D eigenvalue weighted by molar-refractivity contribution is 5.77. The molecule has 0 amide bonds. The summed E-state index contributed by atoms with van der Waals surface area (Å²) in [6.45, 7) is 8.16. The molecule has 0 aromatic rings. The number of hydrogen-bond acceptors (Lipinski definition) is 13. The van der Waals surface area contributed by atoms with Crippen LogP contribution in [0.4, 0.5) is 0 Å². The van der Waals surface area contributed by atoms with Crippen molar-refractivity contribution in [2.24, 2.45) is 50.2 Å². The van der Waals surface area contributed by atoms with Gasteiger partial charge in [0.1, 0.15) is 6.10 Å². The van der Waals surface area contributed by atoms with Crippen LogP contribution < -0.4 is 0 Å². The lowest BCUT2D eigenvalue weighted by molar-refractivity contribution is -0.498. The minimum Gasteiger partial charge on any atom is -0.481 e. The first kappa shape index (κ1) is 38.5. The number of hydrogen-bond donors (Lipinski definition) is 12. The third-order valence-electron chi connectivity index (χ3n) is 16.0. The highest BCUT2D eigenvalue weighted by Gasteiger charge is 2.75. The molecule has 6 rings (SSSR count). The number of carboxylic acids is 1. The Bertz CT molecular complexity index is 1410. The highest BCUT2D eigenvalue weighted by Crippen LogP contribution is 2.76. The molecule has 0 radical (unpaired) electrons. The fraction of sp³-hybridized carbons (Fsp3) is 0.917. The lowest BCUT2D eigenvalue weighted by atomic mass is 9.32. The van der Waals surface area contributed by atoms with Crippen LogP contribution in [0.1, 0.15) is 92.4 Å². The highest BCUT2D eigenvalue weighted by atomic mass is 16.7. The normalized spacial score (nSPS) is 53.6. The summed E-state index contributed by atoms with van der Waals surface area (Å²) < 4.78 is 5.38. The van der Waals surface area contributed by atoms with Crippen molar-refractivity contribution in [1.29, 1.82) is 0 Å². The molecule has 14 atom stereocenters. The van der Waals surface area contributed by atoms with Crippen LogP contribution in [-0.4, -0.2) is 128 Å². The minimum atomic E-state index is -3.82. The number of fused-ring (bicyclic) bond motifs is 7. The lowest BCUT2D eigenvalue weighted by Crippen LogP contribution is -2.80. The fourth-order valence-corrected chi connectivity index (χ4v) is 12.8. The monoisotopic (exact) mass is 714 g/mol. The second-order valence-corrected chi connectivity index (χ2v) is 18.4. The van der Waals surface area contributed by atoms with Crippen LogP contribution in [-0.2, 0) is 9.53 Å². The Morgan fingerprint density at radius 1 is 0.840 bits per heavy atom. The molecule has 1 heterocycles. The zero-order valence-corrected chi connectivity index (χ0v) is 29.7. The average Bonchev–Trinajstić information content (AvgIpc) is 3.03. The van der Waals surface area contributed by atoms with Crippen LogP contribution in [0.15, 0.2) is 11.6 Å². The van der Waals surface area contributed by atoms with E-state index in [0.717, 1.165) is 5.57 Å². The predicted octanol–water partition coefficient (Wildman–Crippen LogP) is -0.680. The van der Waals surface area contributed by atoms with Crippen molar-refractivity contribution in [2.75, 3.05) is 13.2 Å². The van der Waals surface area contributed by atoms with Crippen molar-refractivity contribution in [3.63, 3.8) is 0 Å². The number of aliphatic hydroxyl groups is 11. The summed E-state index contributed by atoms with van der Waals surface area (Å²) in [7, 11) is 0. The van der Waals surface area contributed by atoms with Crippen LogP contribution >= 0.6 is 0 Å². The summed E-state index contributed by atoms with van der Waals surface area (Å²) >= 11 is 0. The van der Waals surface area contributed by atoms with Crippen LogP contribution in [0.5, 0.6) is 0 Å². The maximum Gasteiger partial charge on any atom is 0.310 e. The van der Waals surface area contributed by atoms with E-state index in [1.165, 1.54) is 0 Å². The Kier molecular flexibility index (Phi) is 8.75. The van der Waals surface area contributed by atoms with Crippen molar-refractivity contribution >= 4 is 5.97 Å². The largest absolute Gasteiger partial charge is 0.481 e. The molecule has 50 heavy (non-hydrogen) atoms. The fourth-order valence-electron chi connectivity index (χ4n) is 12.8. The van der Waals surface area contributed by atoms with Gasteiger partial charge in [0.15, 0.2) is 11.9 Å². The molecule has 14 nitrogen and oxygen atoms in total. The number of rotatable bonds is 5. The summed E-state index contributed by atoms with van der Waals surface area (Å²) in [5.41, 5.74) is -4.40. The van der Waals surface area contributed by atoms with Gasteiger partial charge in [0.25, 0.3) is 11.6 Å². The maximum absolute atomic E-state index is 13.0. The Morgan fingerprint density at radius 3 is 2.04 bits per heavy atom. The molecule has 1 saturated heterocycles. The van der Waals surface area contributed by atoms with Gasteiger partial charge in [-0.25, -0.2) is 0 Å². The van der Waals surface area contributed by atoms with Gasteiger partial charge in [0.05, 0.1) is 36.9 Å². The van der Waals surface area contributed by atoms with Gasteiger partial charge < -0.3 is 66.0 Å². The SMILES string of the molecule is CC1(C)CC[C@]2(C(=O)O)CC[C@]3(C)C(=CC[C@@H]4[C@@]5(C)C[C@@H](O)[C@H](O)[C@](CO)(C[C@]6(O)O[C@H](CO)C(O)(O)C(O)(O)[C@H]6O)[C@@H]5CC[C@]43C)[C@@H]2[C@@H]1O. The van der Waals surface area contributed by atoms with Crippen molar-refractivity contribution in [3.8, 4) is 0 Å². The lowest BCUT2D eigenvalue weighted by Gasteiger charge is -2.72. The van der Waals surface area contributed by atoms with E-state index in [0.29, 0.717) is 44.9 Å². The van der Waals surface area contributed by atoms with Gasteiger partial charge >= 0.3 is 5.97 Å². The van der Waals surface area contributed by atoms with Gasteiger partial charge in [-0.1, -0.05) is 46.3 Å². The Hall–Kier alpha value is -1.27. The van der Waals surface area contributed by atoms with E-state index in [2.05, 4.69) is 19.9 Å². The molecule has 1 aliphatic heterocycles. The molecule has 14 heteroatoms. The van der Waals surface area contributed by atoms with Crippen LogP contribution in [0.3, 0.4) is 0 Å². The zero-order chi connectivity index (χ0) is 37.5. The third-order valence-corrected chi connectivity index (χ3v) is 16.0. The summed E-state index contributed by atoms with van der Waals surface area (Å²) in [4.78, 5) is 13.0. The van der Waals surface area contributed by atoms with Gasteiger partial charge in [0.2, 0.25) is 0 Å². The third kappa shape index (κ3) is 4.54. The molecule has 0 bridgehead atoms. The molecule has 0 unspecified atom stereocenters. The van der Waals surface area contributed by atoms with E-state index >= 15 is 0 Å². The average molecular weight is 715 g/mol. The van der Waals surface area contributed by atoms with Gasteiger partial charge in [-0.05, 0) is 84.9 Å². The second kappa shape index (κ2) is 11.4. The molecule has 286 valence electrons. The number of allylic oxidation sites excluding steroid dienone is 1. The molecule has 0 aromatic heterocycles. The van der Waals surface area contributed by atoms with Gasteiger partial charge in [0, 0.05) is 17.8 Å². The molecule has 4 saturated carbocycles. The smallest absolute Gasteiger partial charge is 0.310 e. The van der Waals surface area contributed by atoms with E-state index in [-0.39, 0.29) is 12.3 Å². The number of carbonyl (C=O) groups is 1. The van der Waals surface area contributed by atoms with E-state index < -0.39 is 118 Å². The molecule has 5 aliphatic carbocycles. The summed E-state index contributed by atoms with van der Waals surface area (Å²) in [5, 5.41) is 131. The molecular formula is C36H58O14. The standard InChI is InChI=1S/C36H58O14/c1-28(2)10-12-32(27(43)44)13-11-30(4)18(23(32)25(28)41)6-7-20-29(3)14-19(39)24(40)33(17-38,21(29)8-9-31(20,30)5)16-34(45)26(42)36(48,49)35(46,47)22(15-37)50-34/h6,19-26,37-42,45-49H,7-17H2,1-5H3,(H,43,44)/t19-,20-,21-,22-,23-,24+,25+,26+,29-,30-,31-,32+,33+,34+/m1/s1. The summed E-state index contributed by atoms with van der Waals surface area (Å²) in [5.74, 6) is -12.9. The van der Waals surface area contributed by atoms with Gasteiger partial charge in [-0.15, -0.1) is 0 Å². The first-order valence-corrected chi connectivity index (χ1v) is 18.0. The second-order valence-electron chi connectivity index (χ2n) is 18.4. The number of aliphatic hydroxyl groups excluding tert-OH is 6. The van der Waals surface area contributed by atoms with E-state index in [4.69, 9.17) is 4.74 Å². The maximum atomic E-state index is 13.0. The van der Waals surface area contributed by atoms with E-state index in [9.17, 15) is 66.1 Å².